The topological polar surface area (TPSA) is 44.5 Å². The van der Waals surface area contributed by atoms with Crippen molar-refractivity contribution in [2.24, 2.45) is 0 Å². The molecule has 0 atom stereocenters. The lowest BCUT2D eigenvalue weighted by atomic mass is 10.2. The van der Waals surface area contributed by atoms with Gasteiger partial charge in [0.15, 0.2) is 0 Å². The van der Waals surface area contributed by atoms with Crippen LogP contribution in [0.1, 0.15) is 11.1 Å². The van der Waals surface area contributed by atoms with E-state index < -0.39 is 0 Å². The van der Waals surface area contributed by atoms with Gasteiger partial charge in [0.2, 0.25) is 0 Å². The van der Waals surface area contributed by atoms with Crippen LogP contribution in [0.4, 0.5) is 5.69 Å². The molecule has 3 heteroatoms. The molecular weight excluding hydrogens is 286 g/mol. The fraction of sp³-hybridized carbons (Fsp3) is 0.100. The second-order valence-electron chi connectivity index (χ2n) is 5.22. The second-order valence-corrected chi connectivity index (χ2v) is 5.22. The number of anilines is 1. The lowest BCUT2D eigenvalue weighted by molar-refractivity contribution is 0.293. The molecule has 0 aliphatic heterocycles. The molecule has 3 rings (SSSR count). The summed E-state index contributed by atoms with van der Waals surface area (Å²) in [5, 5.41) is 0. The van der Waals surface area contributed by atoms with Crippen LogP contribution in [0, 0.1) is 0 Å². The monoisotopic (exact) mass is 305 g/mol. The summed E-state index contributed by atoms with van der Waals surface area (Å²) >= 11 is 0. The zero-order valence-corrected chi connectivity index (χ0v) is 12.8. The van der Waals surface area contributed by atoms with Gasteiger partial charge in [-0.2, -0.15) is 0 Å². The van der Waals surface area contributed by atoms with E-state index in [4.69, 9.17) is 15.2 Å². The lowest BCUT2D eigenvalue weighted by Gasteiger charge is -2.13. The summed E-state index contributed by atoms with van der Waals surface area (Å²) in [6.45, 7) is 0.959. The predicted molar refractivity (Wildman–Crippen MR) is 92.4 cm³/mol. The van der Waals surface area contributed by atoms with Crippen LogP contribution in [-0.2, 0) is 13.2 Å². The van der Waals surface area contributed by atoms with Gasteiger partial charge in [-0.25, -0.2) is 0 Å². The first-order chi connectivity index (χ1) is 11.3. The predicted octanol–water partition coefficient (Wildman–Crippen LogP) is 4.43. The highest BCUT2D eigenvalue weighted by Gasteiger charge is 2.07. The Kier molecular flexibility index (Phi) is 4.79. The Labute approximate surface area is 136 Å². The van der Waals surface area contributed by atoms with Crippen LogP contribution in [0.25, 0.3) is 0 Å². The number of nitrogens with two attached hydrogens (primary N) is 1. The molecule has 23 heavy (non-hydrogen) atoms. The van der Waals surface area contributed by atoms with Gasteiger partial charge in [0.1, 0.15) is 30.4 Å². The average Bonchev–Trinajstić information content (AvgIpc) is 2.61. The quantitative estimate of drug-likeness (QED) is 0.685. The van der Waals surface area contributed by atoms with Crippen molar-refractivity contribution < 1.29 is 9.47 Å². The largest absolute Gasteiger partial charge is 0.487 e. The summed E-state index contributed by atoms with van der Waals surface area (Å²) in [4.78, 5) is 0. The van der Waals surface area contributed by atoms with E-state index in [2.05, 4.69) is 0 Å². The van der Waals surface area contributed by atoms with Gasteiger partial charge >= 0.3 is 0 Å². The summed E-state index contributed by atoms with van der Waals surface area (Å²) in [5.74, 6) is 1.28. The van der Waals surface area contributed by atoms with Gasteiger partial charge < -0.3 is 15.2 Å². The molecule has 0 spiro atoms. The van der Waals surface area contributed by atoms with Gasteiger partial charge in [-0.3, -0.25) is 0 Å². The number of para-hydroxylation sites is 1. The Morgan fingerprint density at radius 2 is 1.00 bits per heavy atom. The highest BCUT2D eigenvalue weighted by molar-refractivity contribution is 5.62. The van der Waals surface area contributed by atoms with E-state index in [0.29, 0.717) is 30.4 Å². The Bertz CT molecular complexity index is 680. The first-order valence-electron chi connectivity index (χ1n) is 7.55. The molecule has 0 aromatic heterocycles. The molecule has 0 saturated heterocycles. The maximum Gasteiger partial charge on any atom is 0.146 e. The molecule has 0 heterocycles. The number of nitrogen functional groups attached to an aromatic ring is 1. The summed E-state index contributed by atoms with van der Waals surface area (Å²) in [5.41, 5.74) is 8.89. The average molecular weight is 305 g/mol. The van der Waals surface area contributed by atoms with Gasteiger partial charge in [0.05, 0.1) is 0 Å². The zero-order chi connectivity index (χ0) is 15.9. The molecule has 3 nitrogen and oxygen atoms in total. The van der Waals surface area contributed by atoms with Crippen LogP contribution >= 0.6 is 0 Å². The number of hydrogen-bond donors (Lipinski definition) is 1. The van der Waals surface area contributed by atoms with E-state index in [-0.39, 0.29) is 0 Å². The molecule has 0 unspecified atom stereocenters. The Morgan fingerprint density at radius 3 is 1.43 bits per heavy atom. The maximum atomic E-state index is 6.16. The smallest absolute Gasteiger partial charge is 0.146 e. The van der Waals surface area contributed by atoms with Crippen LogP contribution < -0.4 is 15.2 Å². The van der Waals surface area contributed by atoms with Crippen molar-refractivity contribution in [3.8, 4) is 11.5 Å². The van der Waals surface area contributed by atoms with Crippen molar-refractivity contribution >= 4 is 5.69 Å². The molecule has 0 saturated carbocycles. The van der Waals surface area contributed by atoms with Crippen LogP contribution in [0.15, 0.2) is 78.9 Å². The third-order valence-corrected chi connectivity index (χ3v) is 3.50. The Hall–Kier alpha value is -2.94. The number of benzene rings is 3. The molecule has 0 aliphatic rings. The molecule has 0 aliphatic carbocycles. The van der Waals surface area contributed by atoms with Crippen molar-refractivity contribution in [2.75, 3.05) is 5.73 Å². The fourth-order valence-electron chi connectivity index (χ4n) is 2.25. The SMILES string of the molecule is Nc1c(OCc2ccccc2)cccc1OCc1ccccc1. The van der Waals surface area contributed by atoms with E-state index in [1.807, 2.05) is 78.9 Å². The molecule has 3 aromatic carbocycles. The summed E-state index contributed by atoms with van der Waals surface area (Å²) < 4.78 is 11.6. The van der Waals surface area contributed by atoms with Crippen LogP contribution in [0.2, 0.25) is 0 Å². The van der Waals surface area contributed by atoms with Crippen molar-refractivity contribution in [2.45, 2.75) is 13.2 Å². The molecule has 0 amide bonds. The molecule has 116 valence electrons. The molecular formula is C20H19NO2. The van der Waals surface area contributed by atoms with Gasteiger partial charge in [-0.15, -0.1) is 0 Å². The summed E-state index contributed by atoms with van der Waals surface area (Å²) in [6.07, 6.45) is 0. The van der Waals surface area contributed by atoms with Gasteiger partial charge in [0.25, 0.3) is 0 Å². The standard InChI is InChI=1S/C20H19NO2/c21-20-18(22-14-16-8-3-1-4-9-16)12-7-13-19(20)23-15-17-10-5-2-6-11-17/h1-13H,14-15,21H2. The molecule has 0 fully saturated rings. The molecule has 3 aromatic rings. The first-order valence-corrected chi connectivity index (χ1v) is 7.55. The van der Waals surface area contributed by atoms with Crippen molar-refractivity contribution in [3.63, 3.8) is 0 Å². The summed E-state index contributed by atoms with van der Waals surface area (Å²) in [6, 6.07) is 25.6. The van der Waals surface area contributed by atoms with E-state index in [1.165, 1.54) is 0 Å². The third-order valence-electron chi connectivity index (χ3n) is 3.50. The van der Waals surface area contributed by atoms with E-state index in [0.717, 1.165) is 11.1 Å². The van der Waals surface area contributed by atoms with E-state index in [9.17, 15) is 0 Å². The Morgan fingerprint density at radius 1 is 0.565 bits per heavy atom. The van der Waals surface area contributed by atoms with Gasteiger partial charge in [-0.1, -0.05) is 66.7 Å². The van der Waals surface area contributed by atoms with Crippen molar-refractivity contribution in [1.82, 2.24) is 0 Å². The van der Waals surface area contributed by atoms with Crippen molar-refractivity contribution in [3.05, 3.63) is 90.0 Å². The van der Waals surface area contributed by atoms with Gasteiger partial charge in [-0.05, 0) is 23.3 Å². The van der Waals surface area contributed by atoms with Gasteiger partial charge in [0, 0.05) is 0 Å². The minimum atomic E-state index is 0.479. The number of hydrogen-bond acceptors (Lipinski definition) is 3. The minimum absolute atomic E-state index is 0.479. The van der Waals surface area contributed by atoms with E-state index in [1.54, 1.807) is 0 Å². The molecule has 0 radical (unpaired) electrons. The summed E-state index contributed by atoms with van der Waals surface area (Å²) in [7, 11) is 0. The maximum absolute atomic E-state index is 6.16. The lowest BCUT2D eigenvalue weighted by Crippen LogP contribution is -2.02. The fourth-order valence-corrected chi connectivity index (χ4v) is 2.25. The Balaban J connectivity index is 1.66. The van der Waals surface area contributed by atoms with Crippen LogP contribution in [0.5, 0.6) is 11.5 Å². The second kappa shape index (κ2) is 7.36. The zero-order valence-electron chi connectivity index (χ0n) is 12.8. The minimum Gasteiger partial charge on any atom is -0.487 e. The number of rotatable bonds is 6. The van der Waals surface area contributed by atoms with Crippen LogP contribution in [-0.4, -0.2) is 0 Å². The van der Waals surface area contributed by atoms with E-state index >= 15 is 0 Å². The van der Waals surface area contributed by atoms with Crippen LogP contribution in [0.3, 0.4) is 0 Å². The third kappa shape index (κ3) is 4.04. The highest BCUT2D eigenvalue weighted by atomic mass is 16.5. The first kappa shape index (κ1) is 15.0. The van der Waals surface area contributed by atoms with Crippen molar-refractivity contribution in [1.29, 1.82) is 0 Å². The normalized spacial score (nSPS) is 10.3. The molecule has 2 N–H and O–H groups in total. The highest BCUT2D eigenvalue weighted by Crippen LogP contribution is 2.32. The molecule has 0 bridgehead atoms. The number of ether oxygens (including phenoxy) is 2.